The number of unbranched alkanes of at least 4 members (excludes halogenated alkanes) is 2. The predicted molar refractivity (Wildman–Crippen MR) is 57.9 cm³/mol. The highest BCUT2D eigenvalue weighted by molar-refractivity contribution is 5.75. The Morgan fingerprint density at radius 2 is 2.07 bits per heavy atom. The molecule has 1 amide bonds. The third-order valence-electron chi connectivity index (χ3n) is 2.75. The van der Waals surface area contributed by atoms with Gasteiger partial charge in [0.15, 0.2) is 0 Å². The fourth-order valence-electron chi connectivity index (χ4n) is 1.58. The Morgan fingerprint density at radius 1 is 1.36 bits per heavy atom. The van der Waals surface area contributed by atoms with Gasteiger partial charge in [-0.05, 0) is 38.1 Å². The Bertz CT molecular complexity index is 178. The van der Waals surface area contributed by atoms with Crippen LogP contribution in [-0.2, 0) is 4.79 Å². The summed E-state index contributed by atoms with van der Waals surface area (Å²) in [6.45, 7) is 1.71. The second-order valence-corrected chi connectivity index (χ2v) is 4.32. The van der Waals surface area contributed by atoms with Crippen LogP contribution in [0.3, 0.4) is 0 Å². The summed E-state index contributed by atoms with van der Waals surface area (Å²) in [6, 6.07) is 0. The summed E-state index contributed by atoms with van der Waals surface area (Å²) < 4.78 is 0. The fraction of sp³-hybridized carbons (Fsp3) is 0.909. The molecule has 0 heterocycles. The van der Waals surface area contributed by atoms with Crippen LogP contribution in [-0.4, -0.2) is 30.9 Å². The average Bonchev–Trinajstić information content (AvgIpc) is 2.96. The van der Waals surface area contributed by atoms with Crippen LogP contribution in [0.2, 0.25) is 0 Å². The largest absolute Gasteiger partial charge is 0.345 e. The summed E-state index contributed by atoms with van der Waals surface area (Å²) in [5, 5.41) is 0. The first-order valence-corrected chi connectivity index (χ1v) is 5.68. The SMILES string of the molecule is CN(CC1CC1)C(=O)CCCCCN. The van der Waals surface area contributed by atoms with Crippen LogP contribution >= 0.6 is 0 Å². The standard InChI is InChI=1S/C11H22N2O/c1-13(9-10-6-7-10)11(14)5-3-2-4-8-12/h10H,2-9,12H2,1H3. The van der Waals surface area contributed by atoms with Gasteiger partial charge in [0.25, 0.3) is 0 Å². The minimum Gasteiger partial charge on any atom is -0.345 e. The Labute approximate surface area is 86.6 Å². The van der Waals surface area contributed by atoms with Gasteiger partial charge in [0, 0.05) is 20.0 Å². The van der Waals surface area contributed by atoms with Gasteiger partial charge in [-0.3, -0.25) is 4.79 Å². The van der Waals surface area contributed by atoms with Crippen LogP contribution in [0.15, 0.2) is 0 Å². The molecule has 0 aromatic carbocycles. The zero-order valence-electron chi connectivity index (χ0n) is 9.17. The topological polar surface area (TPSA) is 46.3 Å². The van der Waals surface area contributed by atoms with E-state index >= 15 is 0 Å². The van der Waals surface area contributed by atoms with Gasteiger partial charge in [-0.25, -0.2) is 0 Å². The van der Waals surface area contributed by atoms with Crippen molar-refractivity contribution in [1.29, 1.82) is 0 Å². The molecule has 1 rings (SSSR count). The molecule has 1 saturated carbocycles. The van der Waals surface area contributed by atoms with E-state index in [0.29, 0.717) is 12.3 Å². The number of nitrogens with two attached hydrogens (primary N) is 1. The van der Waals surface area contributed by atoms with Gasteiger partial charge in [-0.2, -0.15) is 0 Å². The van der Waals surface area contributed by atoms with E-state index in [1.807, 2.05) is 11.9 Å². The molecule has 0 radical (unpaired) electrons. The first-order valence-electron chi connectivity index (χ1n) is 5.68. The summed E-state index contributed by atoms with van der Waals surface area (Å²) in [4.78, 5) is 13.5. The molecule has 14 heavy (non-hydrogen) atoms. The first kappa shape index (κ1) is 11.5. The monoisotopic (exact) mass is 198 g/mol. The second kappa shape index (κ2) is 6.02. The van der Waals surface area contributed by atoms with Crippen LogP contribution in [0.25, 0.3) is 0 Å². The van der Waals surface area contributed by atoms with E-state index in [1.54, 1.807) is 0 Å². The minimum atomic E-state index is 0.300. The molecular weight excluding hydrogens is 176 g/mol. The lowest BCUT2D eigenvalue weighted by Crippen LogP contribution is -2.28. The molecule has 1 fully saturated rings. The molecule has 0 bridgehead atoms. The van der Waals surface area contributed by atoms with Gasteiger partial charge >= 0.3 is 0 Å². The van der Waals surface area contributed by atoms with Crippen molar-refractivity contribution >= 4 is 5.91 Å². The molecule has 0 spiro atoms. The van der Waals surface area contributed by atoms with Gasteiger partial charge in [0.05, 0.1) is 0 Å². The van der Waals surface area contributed by atoms with Crippen molar-refractivity contribution in [2.75, 3.05) is 20.1 Å². The molecule has 3 heteroatoms. The van der Waals surface area contributed by atoms with Gasteiger partial charge in [0.2, 0.25) is 5.91 Å². The van der Waals surface area contributed by atoms with Crippen molar-refractivity contribution in [3.05, 3.63) is 0 Å². The zero-order chi connectivity index (χ0) is 10.4. The minimum absolute atomic E-state index is 0.300. The lowest BCUT2D eigenvalue weighted by atomic mass is 10.2. The maximum Gasteiger partial charge on any atom is 0.222 e. The molecule has 0 atom stereocenters. The molecule has 82 valence electrons. The van der Waals surface area contributed by atoms with E-state index in [4.69, 9.17) is 5.73 Å². The third-order valence-corrected chi connectivity index (χ3v) is 2.75. The van der Waals surface area contributed by atoms with E-state index < -0.39 is 0 Å². The van der Waals surface area contributed by atoms with Crippen molar-refractivity contribution in [2.24, 2.45) is 11.7 Å². The van der Waals surface area contributed by atoms with E-state index in [9.17, 15) is 4.79 Å². The Kier molecular flexibility index (Phi) is 4.94. The maximum atomic E-state index is 11.6. The number of hydrogen-bond acceptors (Lipinski definition) is 2. The number of rotatable bonds is 7. The van der Waals surface area contributed by atoms with Gasteiger partial charge in [0.1, 0.15) is 0 Å². The van der Waals surface area contributed by atoms with Crippen LogP contribution in [0.5, 0.6) is 0 Å². The summed E-state index contributed by atoms with van der Waals surface area (Å²) in [5.74, 6) is 1.10. The third kappa shape index (κ3) is 4.61. The average molecular weight is 198 g/mol. The van der Waals surface area contributed by atoms with Crippen LogP contribution in [0, 0.1) is 5.92 Å². The summed E-state index contributed by atoms with van der Waals surface area (Å²) in [7, 11) is 1.92. The van der Waals surface area contributed by atoms with E-state index in [-0.39, 0.29) is 0 Å². The molecule has 0 unspecified atom stereocenters. The van der Waals surface area contributed by atoms with Crippen molar-refractivity contribution in [1.82, 2.24) is 4.90 Å². The summed E-state index contributed by atoms with van der Waals surface area (Å²) in [5.41, 5.74) is 5.38. The molecule has 0 saturated heterocycles. The van der Waals surface area contributed by atoms with Crippen molar-refractivity contribution in [2.45, 2.75) is 38.5 Å². The number of amides is 1. The smallest absolute Gasteiger partial charge is 0.222 e. The van der Waals surface area contributed by atoms with Crippen molar-refractivity contribution in [3.63, 3.8) is 0 Å². The molecule has 0 aromatic rings. The zero-order valence-corrected chi connectivity index (χ0v) is 9.17. The first-order chi connectivity index (χ1) is 6.74. The highest BCUT2D eigenvalue weighted by atomic mass is 16.2. The number of carbonyl (C=O) groups is 1. The highest BCUT2D eigenvalue weighted by Gasteiger charge is 2.24. The highest BCUT2D eigenvalue weighted by Crippen LogP contribution is 2.29. The lowest BCUT2D eigenvalue weighted by Gasteiger charge is -2.16. The predicted octanol–water partition coefficient (Wildman–Crippen LogP) is 1.37. The summed E-state index contributed by atoms with van der Waals surface area (Å²) in [6.07, 6.45) is 6.43. The van der Waals surface area contributed by atoms with Gasteiger partial charge in [-0.15, -0.1) is 0 Å². The van der Waals surface area contributed by atoms with Crippen LogP contribution in [0.1, 0.15) is 38.5 Å². The Hall–Kier alpha value is -0.570. The summed E-state index contributed by atoms with van der Waals surface area (Å²) >= 11 is 0. The van der Waals surface area contributed by atoms with E-state index in [0.717, 1.165) is 38.3 Å². The van der Waals surface area contributed by atoms with Crippen LogP contribution < -0.4 is 5.73 Å². The Balaban J connectivity index is 2.00. The number of hydrogen-bond donors (Lipinski definition) is 1. The molecular formula is C11H22N2O. The number of nitrogens with zero attached hydrogens (tertiary/aromatic N) is 1. The van der Waals surface area contributed by atoms with Crippen molar-refractivity contribution < 1.29 is 4.79 Å². The molecule has 1 aliphatic carbocycles. The normalized spacial score (nSPS) is 15.6. The Morgan fingerprint density at radius 3 is 2.64 bits per heavy atom. The molecule has 1 aliphatic rings. The molecule has 2 N–H and O–H groups in total. The van der Waals surface area contributed by atoms with Crippen molar-refractivity contribution in [3.8, 4) is 0 Å². The fourth-order valence-corrected chi connectivity index (χ4v) is 1.58. The van der Waals surface area contributed by atoms with E-state index in [2.05, 4.69) is 0 Å². The quantitative estimate of drug-likeness (QED) is 0.628. The molecule has 0 aliphatic heterocycles. The van der Waals surface area contributed by atoms with E-state index in [1.165, 1.54) is 12.8 Å². The molecule has 0 aromatic heterocycles. The lowest BCUT2D eigenvalue weighted by molar-refractivity contribution is -0.130. The van der Waals surface area contributed by atoms with Gasteiger partial charge in [-0.1, -0.05) is 6.42 Å². The molecule has 3 nitrogen and oxygen atoms in total. The number of carbonyl (C=O) groups excluding carboxylic acids is 1. The van der Waals surface area contributed by atoms with Crippen LogP contribution in [0.4, 0.5) is 0 Å². The van der Waals surface area contributed by atoms with Gasteiger partial charge < -0.3 is 10.6 Å². The second-order valence-electron chi connectivity index (χ2n) is 4.32. The maximum absolute atomic E-state index is 11.6.